The highest BCUT2D eigenvalue weighted by Crippen LogP contribution is 2.26. The Morgan fingerprint density at radius 2 is 2.19 bits per heavy atom. The molecule has 88 valence electrons. The molecular formula is C11H16ClN3O. The van der Waals surface area contributed by atoms with Gasteiger partial charge in [-0.25, -0.2) is 0 Å². The predicted molar refractivity (Wildman–Crippen MR) is 68.4 cm³/mol. The number of anilines is 1. The summed E-state index contributed by atoms with van der Waals surface area (Å²) in [6, 6.07) is 5.43. The number of halogens is 1. The van der Waals surface area contributed by atoms with Gasteiger partial charge in [0, 0.05) is 12.1 Å². The smallest absolute Gasteiger partial charge is 0.193 e. The average Bonchev–Trinajstić information content (AvgIpc) is 2.20. The number of hydrogen-bond donors (Lipinski definition) is 2. The molecule has 0 saturated carbocycles. The van der Waals surface area contributed by atoms with Crippen molar-refractivity contribution in [2.75, 3.05) is 12.4 Å². The SMILES string of the molecule is COc1ccc(Cl)c(NC(N)=NC(C)C)c1. The summed E-state index contributed by atoms with van der Waals surface area (Å²) in [5, 5.41) is 3.50. The first kappa shape index (κ1) is 12.6. The van der Waals surface area contributed by atoms with Gasteiger partial charge in [0.2, 0.25) is 0 Å². The lowest BCUT2D eigenvalue weighted by molar-refractivity contribution is 0.415. The predicted octanol–water partition coefficient (Wildman–Crippen LogP) is 2.48. The van der Waals surface area contributed by atoms with Crippen LogP contribution in [0.1, 0.15) is 13.8 Å². The highest BCUT2D eigenvalue weighted by Gasteiger charge is 2.03. The summed E-state index contributed by atoms with van der Waals surface area (Å²) in [4.78, 5) is 4.15. The number of nitrogens with one attached hydrogen (secondary N) is 1. The molecule has 0 unspecified atom stereocenters. The van der Waals surface area contributed by atoms with E-state index in [1.165, 1.54) is 0 Å². The van der Waals surface area contributed by atoms with E-state index in [1.807, 2.05) is 13.8 Å². The number of nitrogens with two attached hydrogens (primary N) is 1. The minimum absolute atomic E-state index is 0.136. The molecule has 0 fully saturated rings. The third-order valence-electron chi connectivity index (χ3n) is 1.83. The molecule has 1 aromatic rings. The van der Waals surface area contributed by atoms with Gasteiger partial charge in [0.15, 0.2) is 5.96 Å². The van der Waals surface area contributed by atoms with Gasteiger partial charge in [-0.2, -0.15) is 0 Å². The van der Waals surface area contributed by atoms with Crippen molar-refractivity contribution < 1.29 is 4.74 Å². The molecule has 4 nitrogen and oxygen atoms in total. The first-order chi connectivity index (χ1) is 7.52. The molecule has 0 bridgehead atoms. The zero-order valence-corrected chi connectivity index (χ0v) is 10.4. The fraction of sp³-hybridized carbons (Fsp3) is 0.364. The zero-order valence-electron chi connectivity index (χ0n) is 9.62. The van der Waals surface area contributed by atoms with E-state index in [2.05, 4.69) is 10.3 Å². The zero-order chi connectivity index (χ0) is 12.1. The highest BCUT2D eigenvalue weighted by atomic mass is 35.5. The van der Waals surface area contributed by atoms with Gasteiger partial charge in [0.05, 0.1) is 17.8 Å². The van der Waals surface area contributed by atoms with Crippen LogP contribution in [-0.2, 0) is 0 Å². The van der Waals surface area contributed by atoms with Gasteiger partial charge in [-0.1, -0.05) is 11.6 Å². The summed E-state index contributed by atoms with van der Waals surface area (Å²) in [5.74, 6) is 1.05. The van der Waals surface area contributed by atoms with Crippen LogP contribution in [0.5, 0.6) is 5.75 Å². The van der Waals surface area contributed by atoms with Gasteiger partial charge in [0.25, 0.3) is 0 Å². The molecule has 0 amide bonds. The Morgan fingerprint density at radius 1 is 1.50 bits per heavy atom. The maximum Gasteiger partial charge on any atom is 0.193 e. The van der Waals surface area contributed by atoms with E-state index in [1.54, 1.807) is 25.3 Å². The summed E-state index contributed by atoms with van der Waals surface area (Å²) in [6.45, 7) is 3.89. The van der Waals surface area contributed by atoms with Gasteiger partial charge >= 0.3 is 0 Å². The Kier molecular flexibility index (Phi) is 4.43. The quantitative estimate of drug-likeness (QED) is 0.631. The summed E-state index contributed by atoms with van der Waals surface area (Å²) >= 11 is 6.01. The Morgan fingerprint density at radius 3 is 2.75 bits per heavy atom. The van der Waals surface area contributed by atoms with E-state index >= 15 is 0 Å². The molecule has 1 aromatic carbocycles. The highest BCUT2D eigenvalue weighted by molar-refractivity contribution is 6.33. The van der Waals surface area contributed by atoms with E-state index in [0.717, 1.165) is 0 Å². The van der Waals surface area contributed by atoms with Crippen molar-refractivity contribution in [3.63, 3.8) is 0 Å². The normalized spacial score (nSPS) is 11.7. The molecule has 16 heavy (non-hydrogen) atoms. The van der Waals surface area contributed by atoms with Gasteiger partial charge in [-0.05, 0) is 26.0 Å². The average molecular weight is 242 g/mol. The summed E-state index contributed by atoms with van der Waals surface area (Å²) in [6.07, 6.45) is 0. The number of hydrogen-bond acceptors (Lipinski definition) is 2. The van der Waals surface area contributed by atoms with E-state index in [0.29, 0.717) is 22.4 Å². The lowest BCUT2D eigenvalue weighted by Gasteiger charge is -2.10. The van der Waals surface area contributed by atoms with E-state index in [9.17, 15) is 0 Å². The molecule has 0 aliphatic carbocycles. The van der Waals surface area contributed by atoms with Crippen LogP contribution in [-0.4, -0.2) is 19.1 Å². The van der Waals surface area contributed by atoms with Crippen molar-refractivity contribution in [3.05, 3.63) is 23.2 Å². The molecule has 0 saturated heterocycles. The molecule has 0 atom stereocenters. The minimum atomic E-state index is 0.136. The van der Waals surface area contributed by atoms with Gasteiger partial charge in [0.1, 0.15) is 5.75 Å². The molecule has 0 heterocycles. The molecule has 1 rings (SSSR count). The van der Waals surface area contributed by atoms with Crippen LogP contribution < -0.4 is 15.8 Å². The third-order valence-corrected chi connectivity index (χ3v) is 2.16. The largest absolute Gasteiger partial charge is 0.497 e. The molecule has 3 N–H and O–H groups in total. The Balaban J connectivity index is 2.87. The van der Waals surface area contributed by atoms with Crippen LogP contribution in [0.25, 0.3) is 0 Å². The monoisotopic (exact) mass is 241 g/mol. The number of aliphatic imine (C=N–C) groups is 1. The molecular weight excluding hydrogens is 226 g/mol. The maximum absolute atomic E-state index is 6.01. The van der Waals surface area contributed by atoms with E-state index < -0.39 is 0 Å². The summed E-state index contributed by atoms with van der Waals surface area (Å²) < 4.78 is 5.09. The molecule has 0 aromatic heterocycles. The van der Waals surface area contributed by atoms with Crippen molar-refractivity contribution >= 4 is 23.2 Å². The Labute approximate surface area is 100 Å². The van der Waals surface area contributed by atoms with Crippen LogP contribution in [0.15, 0.2) is 23.2 Å². The Hall–Kier alpha value is -1.42. The van der Waals surface area contributed by atoms with Gasteiger partial charge < -0.3 is 15.8 Å². The number of guanidine groups is 1. The number of rotatable bonds is 3. The lowest BCUT2D eigenvalue weighted by Crippen LogP contribution is -2.24. The van der Waals surface area contributed by atoms with E-state index in [4.69, 9.17) is 22.1 Å². The summed E-state index contributed by atoms with van der Waals surface area (Å²) in [7, 11) is 1.60. The van der Waals surface area contributed by atoms with E-state index in [-0.39, 0.29) is 6.04 Å². The van der Waals surface area contributed by atoms with Crippen LogP contribution >= 0.6 is 11.6 Å². The first-order valence-corrected chi connectivity index (χ1v) is 5.34. The molecule has 0 aliphatic heterocycles. The maximum atomic E-state index is 6.01. The number of ether oxygens (including phenoxy) is 1. The third kappa shape index (κ3) is 3.62. The van der Waals surface area contributed by atoms with Crippen molar-refractivity contribution in [1.29, 1.82) is 0 Å². The molecule has 0 spiro atoms. The second kappa shape index (κ2) is 5.61. The van der Waals surface area contributed by atoms with Crippen LogP contribution in [0, 0.1) is 0 Å². The van der Waals surface area contributed by atoms with Crippen LogP contribution in [0.4, 0.5) is 5.69 Å². The molecule has 5 heteroatoms. The summed E-state index contributed by atoms with van der Waals surface area (Å²) in [5.41, 5.74) is 6.39. The van der Waals surface area contributed by atoms with Crippen LogP contribution in [0.2, 0.25) is 5.02 Å². The number of nitrogens with zero attached hydrogens (tertiary/aromatic N) is 1. The second-order valence-corrected chi connectivity index (χ2v) is 3.99. The van der Waals surface area contributed by atoms with Crippen molar-refractivity contribution in [2.45, 2.75) is 19.9 Å². The molecule has 0 aliphatic rings. The standard InChI is InChI=1S/C11H16ClN3O/c1-7(2)14-11(13)15-10-6-8(16-3)4-5-9(10)12/h4-7H,1-3H3,(H3,13,14,15). The number of benzene rings is 1. The topological polar surface area (TPSA) is 59.6 Å². The van der Waals surface area contributed by atoms with Crippen molar-refractivity contribution in [1.82, 2.24) is 0 Å². The first-order valence-electron chi connectivity index (χ1n) is 4.96. The van der Waals surface area contributed by atoms with Crippen LogP contribution in [0.3, 0.4) is 0 Å². The van der Waals surface area contributed by atoms with Gasteiger partial charge in [-0.3, -0.25) is 4.99 Å². The van der Waals surface area contributed by atoms with Crippen molar-refractivity contribution in [3.8, 4) is 5.75 Å². The fourth-order valence-corrected chi connectivity index (χ4v) is 1.34. The second-order valence-electron chi connectivity index (χ2n) is 3.58. The molecule has 0 radical (unpaired) electrons. The number of methoxy groups -OCH3 is 1. The fourth-order valence-electron chi connectivity index (χ4n) is 1.18. The van der Waals surface area contributed by atoms with Crippen molar-refractivity contribution in [2.24, 2.45) is 10.7 Å². The lowest BCUT2D eigenvalue weighted by atomic mass is 10.3. The van der Waals surface area contributed by atoms with Gasteiger partial charge in [-0.15, -0.1) is 0 Å². The minimum Gasteiger partial charge on any atom is -0.497 e. The Bertz CT molecular complexity index is 391.